The first-order valence-corrected chi connectivity index (χ1v) is 7.30. The highest BCUT2D eigenvalue weighted by molar-refractivity contribution is 14.0. The molecule has 21 heavy (non-hydrogen) atoms. The van der Waals surface area contributed by atoms with Gasteiger partial charge in [-0.2, -0.15) is 0 Å². The van der Waals surface area contributed by atoms with Crippen molar-refractivity contribution in [1.82, 2.24) is 5.32 Å². The first-order valence-electron chi connectivity index (χ1n) is 6.51. The molecule has 1 amide bonds. The van der Waals surface area contributed by atoms with Gasteiger partial charge in [0.1, 0.15) is 0 Å². The molecular formula is C14H22BrIN4O. The van der Waals surface area contributed by atoms with Crippen molar-refractivity contribution >= 4 is 57.5 Å². The molecule has 0 atom stereocenters. The van der Waals surface area contributed by atoms with Gasteiger partial charge in [0, 0.05) is 22.6 Å². The van der Waals surface area contributed by atoms with Crippen molar-refractivity contribution in [2.75, 3.05) is 11.9 Å². The van der Waals surface area contributed by atoms with Gasteiger partial charge in [-0.1, -0.05) is 15.9 Å². The smallest absolute Gasteiger partial charge is 0.226 e. The number of hydrogen-bond donors (Lipinski definition) is 3. The minimum atomic E-state index is -0.0727. The fourth-order valence-corrected chi connectivity index (χ4v) is 2.07. The number of benzene rings is 1. The van der Waals surface area contributed by atoms with Crippen molar-refractivity contribution in [3.63, 3.8) is 0 Å². The van der Waals surface area contributed by atoms with Gasteiger partial charge in [-0.3, -0.25) is 9.79 Å². The Morgan fingerprint density at radius 1 is 1.43 bits per heavy atom. The Morgan fingerprint density at radius 2 is 2.10 bits per heavy atom. The number of rotatable bonds is 5. The van der Waals surface area contributed by atoms with Gasteiger partial charge in [-0.05, 0) is 44.5 Å². The predicted octanol–water partition coefficient (Wildman–Crippen LogP) is 3.02. The van der Waals surface area contributed by atoms with E-state index in [1.807, 2.05) is 39.0 Å². The minimum Gasteiger partial charge on any atom is -0.370 e. The number of guanidine groups is 1. The molecule has 0 heterocycles. The van der Waals surface area contributed by atoms with E-state index < -0.39 is 0 Å². The second kappa shape index (κ2) is 9.99. The van der Waals surface area contributed by atoms with Crippen LogP contribution in [0.1, 0.15) is 25.8 Å². The molecule has 5 nitrogen and oxygen atoms in total. The number of aliphatic imine (C=N–C) groups is 1. The number of halogens is 2. The number of hydrogen-bond acceptors (Lipinski definition) is 2. The average Bonchev–Trinajstić information content (AvgIpc) is 2.31. The van der Waals surface area contributed by atoms with Gasteiger partial charge < -0.3 is 16.4 Å². The third kappa shape index (κ3) is 8.25. The summed E-state index contributed by atoms with van der Waals surface area (Å²) >= 11 is 3.39. The zero-order chi connectivity index (χ0) is 15.1. The Kier molecular flexibility index (Phi) is 9.60. The number of nitrogens with one attached hydrogen (secondary N) is 2. The summed E-state index contributed by atoms with van der Waals surface area (Å²) in [4.78, 5) is 15.9. The van der Waals surface area contributed by atoms with Crippen LogP contribution in [0, 0.1) is 6.92 Å². The molecule has 0 unspecified atom stereocenters. The average molecular weight is 469 g/mol. The van der Waals surface area contributed by atoms with Crippen LogP contribution < -0.4 is 16.4 Å². The van der Waals surface area contributed by atoms with Crippen LogP contribution in [0.25, 0.3) is 0 Å². The van der Waals surface area contributed by atoms with E-state index >= 15 is 0 Å². The van der Waals surface area contributed by atoms with Crippen LogP contribution >= 0.6 is 39.9 Å². The lowest BCUT2D eigenvalue weighted by molar-refractivity contribution is -0.116. The molecule has 0 saturated heterocycles. The fraction of sp³-hybridized carbons (Fsp3) is 0.429. The molecule has 1 aromatic rings. The van der Waals surface area contributed by atoms with Crippen molar-refractivity contribution in [2.45, 2.75) is 33.2 Å². The molecule has 0 radical (unpaired) electrons. The Hall–Kier alpha value is -0.830. The molecule has 1 aromatic carbocycles. The Morgan fingerprint density at radius 3 is 2.67 bits per heavy atom. The van der Waals surface area contributed by atoms with Crippen molar-refractivity contribution in [3.05, 3.63) is 28.2 Å². The van der Waals surface area contributed by atoms with Crippen LogP contribution in [0.2, 0.25) is 0 Å². The third-order valence-electron chi connectivity index (χ3n) is 2.52. The molecule has 0 bridgehead atoms. The maximum atomic E-state index is 11.8. The third-order valence-corrected chi connectivity index (χ3v) is 3.01. The number of aryl methyl sites for hydroxylation is 1. The van der Waals surface area contributed by atoms with Gasteiger partial charge in [0.05, 0.1) is 6.54 Å². The topological polar surface area (TPSA) is 79.5 Å². The highest BCUT2D eigenvalue weighted by Gasteiger charge is 2.05. The molecule has 0 fully saturated rings. The first-order chi connectivity index (χ1) is 9.38. The Bertz CT molecular complexity index is 506. The summed E-state index contributed by atoms with van der Waals surface area (Å²) in [6.07, 6.45) is 0.302. The lowest BCUT2D eigenvalue weighted by Crippen LogP contribution is -2.36. The van der Waals surface area contributed by atoms with Gasteiger partial charge in [-0.25, -0.2) is 0 Å². The molecule has 0 aromatic heterocycles. The van der Waals surface area contributed by atoms with Crippen LogP contribution in [-0.2, 0) is 4.79 Å². The molecule has 0 aliphatic rings. The van der Waals surface area contributed by atoms with E-state index in [-0.39, 0.29) is 35.9 Å². The minimum absolute atomic E-state index is 0. The monoisotopic (exact) mass is 468 g/mol. The van der Waals surface area contributed by atoms with E-state index in [0.717, 1.165) is 15.7 Å². The normalized spacial score (nSPS) is 11.0. The molecule has 1 rings (SSSR count). The highest BCUT2D eigenvalue weighted by atomic mass is 127. The van der Waals surface area contributed by atoms with Crippen LogP contribution in [0.15, 0.2) is 27.7 Å². The molecule has 0 saturated carbocycles. The fourth-order valence-electron chi connectivity index (χ4n) is 1.60. The predicted molar refractivity (Wildman–Crippen MR) is 102 cm³/mol. The van der Waals surface area contributed by atoms with Crippen LogP contribution in [-0.4, -0.2) is 24.5 Å². The second-order valence-electron chi connectivity index (χ2n) is 4.82. The number of amides is 1. The first kappa shape index (κ1) is 20.2. The summed E-state index contributed by atoms with van der Waals surface area (Å²) in [6, 6.07) is 5.96. The number of nitrogens with two attached hydrogens (primary N) is 1. The van der Waals surface area contributed by atoms with Gasteiger partial charge in [-0.15, -0.1) is 24.0 Å². The van der Waals surface area contributed by atoms with E-state index in [2.05, 4.69) is 31.6 Å². The number of anilines is 1. The van der Waals surface area contributed by atoms with Crippen molar-refractivity contribution in [2.24, 2.45) is 10.7 Å². The summed E-state index contributed by atoms with van der Waals surface area (Å²) in [7, 11) is 0. The van der Waals surface area contributed by atoms with E-state index in [4.69, 9.17) is 5.73 Å². The zero-order valence-electron chi connectivity index (χ0n) is 12.4. The number of nitrogens with zero attached hydrogens (tertiary/aromatic N) is 1. The summed E-state index contributed by atoms with van der Waals surface area (Å²) < 4.78 is 0.991. The van der Waals surface area contributed by atoms with Crippen molar-refractivity contribution in [3.8, 4) is 0 Å². The van der Waals surface area contributed by atoms with Gasteiger partial charge >= 0.3 is 0 Å². The summed E-state index contributed by atoms with van der Waals surface area (Å²) in [5.41, 5.74) is 7.48. The Balaban J connectivity index is 0.00000400. The summed E-state index contributed by atoms with van der Waals surface area (Å²) in [6.45, 7) is 6.27. The largest absolute Gasteiger partial charge is 0.370 e. The molecule has 118 valence electrons. The lowest BCUT2D eigenvalue weighted by Gasteiger charge is -2.09. The maximum Gasteiger partial charge on any atom is 0.226 e. The van der Waals surface area contributed by atoms with E-state index in [9.17, 15) is 4.79 Å². The summed E-state index contributed by atoms with van der Waals surface area (Å²) in [5.74, 6) is 0.296. The highest BCUT2D eigenvalue weighted by Crippen LogP contribution is 2.20. The lowest BCUT2D eigenvalue weighted by atomic mass is 10.2. The van der Waals surface area contributed by atoms with Gasteiger partial charge in [0.15, 0.2) is 5.96 Å². The van der Waals surface area contributed by atoms with Gasteiger partial charge in [0.2, 0.25) is 5.91 Å². The van der Waals surface area contributed by atoms with Crippen LogP contribution in [0.5, 0.6) is 0 Å². The van der Waals surface area contributed by atoms with E-state index in [0.29, 0.717) is 18.9 Å². The quantitative estimate of drug-likeness (QED) is 0.353. The van der Waals surface area contributed by atoms with Crippen molar-refractivity contribution in [1.29, 1.82) is 0 Å². The number of carbonyl (C=O) groups is 1. The van der Waals surface area contributed by atoms with Gasteiger partial charge in [0.25, 0.3) is 0 Å². The molecule has 7 heteroatoms. The molecule has 4 N–H and O–H groups in total. The van der Waals surface area contributed by atoms with E-state index in [1.165, 1.54) is 0 Å². The molecule has 0 spiro atoms. The number of carbonyl (C=O) groups excluding carboxylic acids is 1. The molecule has 0 aliphatic heterocycles. The van der Waals surface area contributed by atoms with Crippen molar-refractivity contribution < 1.29 is 4.79 Å². The Labute approximate surface area is 151 Å². The zero-order valence-corrected chi connectivity index (χ0v) is 16.4. The SMILES string of the molecule is Cc1cc(Br)ccc1NC(=O)CCN=C(N)NC(C)C.I. The van der Waals surface area contributed by atoms with Crippen LogP contribution in [0.4, 0.5) is 5.69 Å². The van der Waals surface area contributed by atoms with E-state index in [1.54, 1.807) is 0 Å². The maximum absolute atomic E-state index is 11.8. The van der Waals surface area contributed by atoms with Crippen LogP contribution in [0.3, 0.4) is 0 Å². The molecular weight excluding hydrogens is 447 g/mol. The molecule has 0 aliphatic carbocycles. The summed E-state index contributed by atoms with van der Waals surface area (Å²) in [5, 5.41) is 5.83. The standard InChI is InChI=1S/C14H21BrN4O.HI/c1-9(2)18-14(16)17-7-6-13(20)19-12-5-4-11(15)8-10(12)3;/h4-5,8-9H,6-7H2,1-3H3,(H,19,20)(H3,16,17,18);1H. The second-order valence-corrected chi connectivity index (χ2v) is 5.74.